The molecule has 0 saturated carbocycles. The molecule has 0 unspecified atom stereocenters. The van der Waals surface area contributed by atoms with E-state index in [1.165, 1.54) is 29.5 Å². The van der Waals surface area contributed by atoms with Gasteiger partial charge in [0.25, 0.3) is 5.91 Å². The predicted molar refractivity (Wildman–Crippen MR) is 97.5 cm³/mol. The first-order valence-corrected chi connectivity index (χ1v) is 7.92. The Morgan fingerprint density at radius 3 is 2.65 bits per heavy atom. The van der Waals surface area contributed by atoms with Crippen LogP contribution in [0.5, 0.6) is 0 Å². The van der Waals surface area contributed by atoms with Crippen LogP contribution in [0.25, 0.3) is 17.0 Å². The second kappa shape index (κ2) is 6.07. The molecule has 1 aliphatic rings. The molecule has 1 aliphatic heterocycles. The SMILES string of the molecule is CC1=NN(c2ccccc2)C(=O)/C1=C\c1coc2ccc(F)cc2c1=O. The number of carbonyl (C=O) groups excluding carboxylic acids is 1. The van der Waals surface area contributed by atoms with Gasteiger partial charge in [0.15, 0.2) is 5.43 Å². The number of hydrazone groups is 1. The summed E-state index contributed by atoms with van der Waals surface area (Å²) in [6.07, 6.45) is 2.70. The summed E-state index contributed by atoms with van der Waals surface area (Å²) in [4.78, 5) is 25.3. The van der Waals surface area contributed by atoms with Crippen LogP contribution in [0.3, 0.4) is 0 Å². The molecule has 1 aromatic heterocycles. The van der Waals surface area contributed by atoms with Crippen LogP contribution >= 0.6 is 0 Å². The lowest BCUT2D eigenvalue weighted by atomic mass is 10.1. The fourth-order valence-electron chi connectivity index (χ4n) is 2.80. The molecule has 3 aromatic rings. The molecule has 0 N–H and O–H groups in total. The minimum atomic E-state index is -0.528. The molecule has 0 aliphatic carbocycles. The van der Waals surface area contributed by atoms with Gasteiger partial charge in [-0.15, -0.1) is 0 Å². The van der Waals surface area contributed by atoms with Crippen LogP contribution < -0.4 is 10.4 Å². The van der Waals surface area contributed by atoms with Crippen molar-refractivity contribution in [2.24, 2.45) is 5.10 Å². The number of para-hydroxylation sites is 1. The van der Waals surface area contributed by atoms with Crippen molar-refractivity contribution in [3.05, 3.63) is 82.0 Å². The number of fused-ring (bicyclic) bond motifs is 1. The lowest BCUT2D eigenvalue weighted by Gasteiger charge is -2.10. The van der Waals surface area contributed by atoms with Gasteiger partial charge in [0.05, 0.1) is 27.9 Å². The van der Waals surface area contributed by atoms with E-state index in [0.29, 0.717) is 11.4 Å². The smallest absolute Gasteiger partial charge is 0.280 e. The van der Waals surface area contributed by atoms with E-state index in [1.807, 2.05) is 18.2 Å². The summed E-state index contributed by atoms with van der Waals surface area (Å²) < 4.78 is 18.8. The van der Waals surface area contributed by atoms with E-state index < -0.39 is 11.2 Å². The van der Waals surface area contributed by atoms with Crippen LogP contribution in [0.15, 0.2) is 74.7 Å². The van der Waals surface area contributed by atoms with Gasteiger partial charge < -0.3 is 4.42 Å². The number of benzene rings is 2. The summed E-state index contributed by atoms with van der Waals surface area (Å²) in [5.41, 5.74) is 1.45. The number of carbonyl (C=O) groups is 1. The van der Waals surface area contributed by atoms with Crippen LogP contribution in [0.2, 0.25) is 0 Å². The Labute approximate surface area is 147 Å². The molecular formula is C20H13FN2O3. The zero-order valence-electron chi connectivity index (χ0n) is 13.8. The molecule has 0 radical (unpaired) electrons. The Balaban J connectivity index is 1.79. The van der Waals surface area contributed by atoms with Crippen molar-refractivity contribution >= 4 is 34.4 Å². The van der Waals surface area contributed by atoms with E-state index in [-0.39, 0.29) is 28.0 Å². The number of rotatable bonds is 2. The van der Waals surface area contributed by atoms with E-state index in [9.17, 15) is 14.0 Å². The van der Waals surface area contributed by atoms with Crippen molar-refractivity contribution < 1.29 is 13.6 Å². The molecule has 0 atom stereocenters. The maximum Gasteiger partial charge on any atom is 0.280 e. The molecule has 2 aromatic carbocycles. The van der Waals surface area contributed by atoms with Gasteiger partial charge in [-0.25, -0.2) is 4.39 Å². The average molecular weight is 348 g/mol. The monoisotopic (exact) mass is 348 g/mol. The van der Waals surface area contributed by atoms with E-state index >= 15 is 0 Å². The number of hydrogen-bond acceptors (Lipinski definition) is 4. The number of hydrogen-bond donors (Lipinski definition) is 0. The Hall–Kier alpha value is -3.54. The standard InChI is InChI=1S/C20H13FN2O3/c1-12-16(20(25)23(22-12)15-5-3-2-4-6-15)9-13-11-26-18-8-7-14(21)10-17(18)19(13)24/h2-11H,1H3/b16-9-. The van der Waals surface area contributed by atoms with Crippen LogP contribution in [-0.2, 0) is 4.79 Å². The van der Waals surface area contributed by atoms with Gasteiger partial charge in [0.2, 0.25) is 0 Å². The number of anilines is 1. The highest BCUT2D eigenvalue weighted by atomic mass is 19.1. The lowest BCUT2D eigenvalue weighted by Crippen LogP contribution is -2.21. The molecule has 1 amide bonds. The Kier molecular flexibility index (Phi) is 3.73. The third kappa shape index (κ3) is 2.61. The second-order valence-electron chi connectivity index (χ2n) is 5.86. The van der Waals surface area contributed by atoms with E-state index in [0.717, 1.165) is 6.07 Å². The summed E-state index contributed by atoms with van der Waals surface area (Å²) in [5, 5.41) is 5.67. The summed E-state index contributed by atoms with van der Waals surface area (Å²) in [5.74, 6) is -0.869. The van der Waals surface area contributed by atoms with Crippen LogP contribution in [-0.4, -0.2) is 11.6 Å². The molecule has 128 valence electrons. The maximum absolute atomic E-state index is 13.4. The Morgan fingerprint density at radius 2 is 1.88 bits per heavy atom. The topological polar surface area (TPSA) is 62.9 Å². The first-order valence-electron chi connectivity index (χ1n) is 7.92. The van der Waals surface area contributed by atoms with Gasteiger partial charge in [0, 0.05) is 0 Å². The molecule has 4 rings (SSSR count). The zero-order chi connectivity index (χ0) is 18.3. The van der Waals surface area contributed by atoms with Gasteiger partial charge in [-0.3, -0.25) is 9.59 Å². The molecule has 2 heterocycles. The van der Waals surface area contributed by atoms with Crippen LogP contribution in [0.1, 0.15) is 12.5 Å². The van der Waals surface area contributed by atoms with E-state index in [2.05, 4.69) is 5.10 Å². The first-order chi connectivity index (χ1) is 12.5. The normalized spacial score (nSPS) is 15.8. The van der Waals surface area contributed by atoms with Crippen molar-refractivity contribution in [2.75, 3.05) is 5.01 Å². The van der Waals surface area contributed by atoms with Gasteiger partial charge in [-0.2, -0.15) is 10.1 Å². The molecular weight excluding hydrogens is 335 g/mol. The average Bonchev–Trinajstić information content (AvgIpc) is 2.93. The van der Waals surface area contributed by atoms with Crippen LogP contribution in [0, 0.1) is 5.82 Å². The Morgan fingerprint density at radius 1 is 1.12 bits per heavy atom. The van der Waals surface area contributed by atoms with E-state index in [1.54, 1.807) is 19.1 Å². The van der Waals surface area contributed by atoms with Gasteiger partial charge in [0.1, 0.15) is 17.7 Å². The third-order valence-electron chi connectivity index (χ3n) is 4.12. The van der Waals surface area contributed by atoms with Crippen LogP contribution in [0.4, 0.5) is 10.1 Å². The summed E-state index contributed by atoms with van der Waals surface area (Å²) in [6, 6.07) is 12.7. The highest BCUT2D eigenvalue weighted by molar-refractivity contribution is 6.32. The highest BCUT2D eigenvalue weighted by Crippen LogP contribution is 2.24. The predicted octanol–water partition coefficient (Wildman–Crippen LogP) is 3.74. The fraction of sp³-hybridized carbons (Fsp3) is 0.0500. The Bertz CT molecular complexity index is 1150. The molecule has 26 heavy (non-hydrogen) atoms. The minimum absolute atomic E-state index is 0.124. The lowest BCUT2D eigenvalue weighted by molar-refractivity contribution is -0.114. The number of amides is 1. The molecule has 0 saturated heterocycles. The van der Waals surface area contributed by atoms with Crippen molar-refractivity contribution in [1.82, 2.24) is 0 Å². The first kappa shape index (κ1) is 16.0. The van der Waals surface area contributed by atoms with Gasteiger partial charge in [-0.1, -0.05) is 18.2 Å². The molecule has 0 spiro atoms. The minimum Gasteiger partial charge on any atom is -0.463 e. The number of nitrogens with zero attached hydrogens (tertiary/aromatic N) is 2. The van der Waals surface area contributed by atoms with Crippen molar-refractivity contribution in [3.63, 3.8) is 0 Å². The van der Waals surface area contributed by atoms with Crippen molar-refractivity contribution in [2.45, 2.75) is 6.92 Å². The van der Waals surface area contributed by atoms with E-state index in [4.69, 9.17) is 4.42 Å². The number of halogens is 1. The fourth-order valence-corrected chi connectivity index (χ4v) is 2.80. The molecule has 0 fully saturated rings. The van der Waals surface area contributed by atoms with Crippen molar-refractivity contribution in [1.29, 1.82) is 0 Å². The van der Waals surface area contributed by atoms with Gasteiger partial charge >= 0.3 is 0 Å². The zero-order valence-corrected chi connectivity index (χ0v) is 13.8. The van der Waals surface area contributed by atoms with Gasteiger partial charge in [-0.05, 0) is 43.3 Å². The maximum atomic E-state index is 13.4. The largest absolute Gasteiger partial charge is 0.463 e. The molecule has 5 nitrogen and oxygen atoms in total. The summed E-state index contributed by atoms with van der Waals surface area (Å²) in [7, 11) is 0. The summed E-state index contributed by atoms with van der Waals surface area (Å²) >= 11 is 0. The third-order valence-corrected chi connectivity index (χ3v) is 4.12. The quantitative estimate of drug-likeness (QED) is 0.663. The second-order valence-corrected chi connectivity index (χ2v) is 5.86. The van der Waals surface area contributed by atoms with Crippen molar-refractivity contribution in [3.8, 4) is 0 Å². The molecule has 6 heteroatoms. The molecule has 0 bridgehead atoms. The summed E-state index contributed by atoms with van der Waals surface area (Å²) in [6.45, 7) is 1.69. The highest BCUT2D eigenvalue weighted by Gasteiger charge is 2.28.